The second-order valence-corrected chi connectivity index (χ2v) is 4.03. The van der Waals surface area contributed by atoms with Gasteiger partial charge in [0.1, 0.15) is 12.0 Å². The molecule has 7 nitrogen and oxygen atoms in total. The topological polar surface area (TPSA) is 107 Å². The lowest BCUT2D eigenvalue weighted by atomic mass is 10.1. The van der Waals surface area contributed by atoms with Crippen molar-refractivity contribution in [2.24, 2.45) is 0 Å². The third-order valence-electron chi connectivity index (χ3n) is 2.58. The van der Waals surface area contributed by atoms with Gasteiger partial charge in [0.2, 0.25) is 11.8 Å². The second kappa shape index (κ2) is 5.91. The van der Waals surface area contributed by atoms with E-state index in [1.54, 1.807) is 12.1 Å². The van der Waals surface area contributed by atoms with Gasteiger partial charge in [-0.05, 0) is 24.1 Å². The van der Waals surface area contributed by atoms with E-state index in [0.717, 1.165) is 11.8 Å². The molecule has 0 bridgehead atoms. The molecule has 0 saturated heterocycles. The molecule has 0 aliphatic rings. The highest BCUT2D eigenvalue weighted by atomic mass is 19.1. The van der Waals surface area contributed by atoms with Crippen LogP contribution in [0.3, 0.4) is 0 Å². The Bertz CT molecular complexity index is 635. The Morgan fingerprint density at radius 2 is 2.25 bits per heavy atom. The number of hydrogen-bond acceptors (Lipinski definition) is 6. The van der Waals surface area contributed by atoms with Gasteiger partial charge in [-0.2, -0.15) is 4.98 Å². The molecule has 8 heteroatoms. The fourth-order valence-electron chi connectivity index (χ4n) is 1.63. The average molecular weight is 277 g/mol. The Kier molecular flexibility index (Phi) is 4.04. The molecule has 1 heterocycles. The largest absolute Gasteiger partial charge is 0.378 e. The van der Waals surface area contributed by atoms with Gasteiger partial charge in [0.25, 0.3) is 0 Å². The molecule has 0 aliphatic carbocycles. The maximum atomic E-state index is 13.0. The molecule has 1 aromatic heterocycles. The zero-order valence-corrected chi connectivity index (χ0v) is 10.4. The minimum Gasteiger partial charge on any atom is -0.378 e. The zero-order chi connectivity index (χ0) is 14.5. The SMILES string of the molecule is Nc1nc(NCCc2cccc(F)c2)ncc1[N+](=O)[O-]. The summed E-state index contributed by atoms with van der Waals surface area (Å²) in [5, 5.41) is 13.4. The van der Waals surface area contributed by atoms with E-state index < -0.39 is 4.92 Å². The predicted octanol–water partition coefficient (Wildman–Crippen LogP) is 1.76. The van der Waals surface area contributed by atoms with Crippen LogP contribution in [0, 0.1) is 15.9 Å². The number of nitrogens with zero attached hydrogens (tertiary/aromatic N) is 3. The number of rotatable bonds is 5. The fraction of sp³-hybridized carbons (Fsp3) is 0.167. The second-order valence-electron chi connectivity index (χ2n) is 4.03. The van der Waals surface area contributed by atoms with E-state index in [9.17, 15) is 14.5 Å². The number of hydrogen-bond donors (Lipinski definition) is 2. The molecule has 1 aromatic carbocycles. The summed E-state index contributed by atoms with van der Waals surface area (Å²) in [6.07, 6.45) is 1.62. The smallest absolute Gasteiger partial charge is 0.329 e. The number of anilines is 2. The summed E-state index contributed by atoms with van der Waals surface area (Å²) in [6.45, 7) is 0.459. The minimum atomic E-state index is -0.647. The molecule has 0 unspecified atom stereocenters. The molecule has 20 heavy (non-hydrogen) atoms. The molecule has 2 rings (SSSR count). The zero-order valence-electron chi connectivity index (χ0n) is 10.4. The number of aromatic nitrogens is 2. The number of benzene rings is 1. The Balaban J connectivity index is 1.94. The molecule has 0 fully saturated rings. The van der Waals surface area contributed by atoms with E-state index >= 15 is 0 Å². The Morgan fingerprint density at radius 1 is 1.45 bits per heavy atom. The first kappa shape index (κ1) is 13.7. The first-order valence-corrected chi connectivity index (χ1v) is 5.81. The molecule has 2 aromatic rings. The van der Waals surface area contributed by atoms with Crippen LogP contribution in [0.1, 0.15) is 5.56 Å². The average Bonchev–Trinajstić information content (AvgIpc) is 2.38. The third-order valence-corrected chi connectivity index (χ3v) is 2.58. The highest BCUT2D eigenvalue weighted by Crippen LogP contribution is 2.18. The summed E-state index contributed by atoms with van der Waals surface area (Å²) < 4.78 is 13.0. The van der Waals surface area contributed by atoms with Crippen molar-refractivity contribution in [3.8, 4) is 0 Å². The van der Waals surface area contributed by atoms with Crippen molar-refractivity contribution in [1.82, 2.24) is 9.97 Å². The first-order chi connectivity index (χ1) is 9.56. The molecule has 0 radical (unpaired) electrons. The lowest BCUT2D eigenvalue weighted by Gasteiger charge is -2.05. The quantitative estimate of drug-likeness (QED) is 0.637. The van der Waals surface area contributed by atoms with Gasteiger partial charge in [-0.25, -0.2) is 9.37 Å². The summed E-state index contributed by atoms with van der Waals surface area (Å²) >= 11 is 0. The standard InChI is InChI=1S/C12H12FN5O2/c13-9-3-1-2-8(6-9)4-5-15-12-16-7-10(18(19)20)11(14)17-12/h1-3,6-7H,4-5H2,(H3,14,15,16,17). The lowest BCUT2D eigenvalue weighted by Crippen LogP contribution is -2.10. The highest BCUT2D eigenvalue weighted by molar-refractivity contribution is 5.53. The van der Waals surface area contributed by atoms with Gasteiger partial charge in [0.05, 0.1) is 4.92 Å². The summed E-state index contributed by atoms with van der Waals surface area (Å²) in [4.78, 5) is 17.5. The van der Waals surface area contributed by atoms with Crippen LogP contribution < -0.4 is 11.1 Å². The van der Waals surface area contributed by atoms with Crippen LogP contribution in [0.4, 0.5) is 21.8 Å². The van der Waals surface area contributed by atoms with Crippen molar-refractivity contribution in [2.45, 2.75) is 6.42 Å². The van der Waals surface area contributed by atoms with Crippen LogP contribution in [0.15, 0.2) is 30.5 Å². The number of nitrogens with two attached hydrogens (primary N) is 1. The molecular weight excluding hydrogens is 265 g/mol. The molecule has 0 aliphatic heterocycles. The molecule has 104 valence electrons. The number of halogens is 1. The van der Waals surface area contributed by atoms with Crippen molar-refractivity contribution < 1.29 is 9.31 Å². The Labute approximate surface area is 113 Å². The van der Waals surface area contributed by atoms with Gasteiger partial charge < -0.3 is 11.1 Å². The monoisotopic (exact) mass is 277 g/mol. The summed E-state index contributed by atoms with van der Waals surface area (Å²) in [6, 6.07) is 6.24. The van der Waals surface area contributed by atoms with E-state index in [1.807, 2.05) is 0 Å². The molecule has 0 amide bonds. The summed E-state index contributed by atoms with van der Waals surface area (Å²) in [5.74, 6) is -0.291. The maximum Gasteiger partial charge on any atom is 0.329 e. The summed E-state index contributed by atoms with van der Waals surface area (Å²) in [5.41, 5.74) is 5.94. The van der Waals surface area contributed by atoms with Crippen molar-refractivity contribution in [2.75, 3.05) is 17.6 Å². The maximum absolute atomic E-state index is 13.0. The highest BCUT2D eigenvalue weighted by Gasteiger charge is 2.13. The van der Waals surface area contributed by atoms with Crippen LogP contribution in [0.5, 0.6) is 0 Å². The van der Waals surface area contributed by atoms with Gasteiger partial charge >= 0.3 is 5.69 Å². The normalized spacial score (nSPS) is 10.2. The van der Waals surface area contributed by atoms with Crippen LogP contribution in [-0.2, 0) is 6.42 Å². The van der Waals surface area contributed by atoms with E-state index in [-0.39, 0.29) is 23.3 Å². The van der Waals surface area contributed by atoms with E-state index in [1.165, 1.54) is 12.1 Å². The van der Waals surface area contributed by atoms with Crippen molar-refractivity contribution >= 4 is 17.5 Å². The van der Waals surface area contributed by atoms with Gasteiger partial charge in [-0.15, -0.1) is 0 Å². The van der Waals surface area contributed by atoms with Crippen LogP contribution >= 0.6 is 0 Å². The van der Waals surface area contributed by atoms with E-state index in [4.69, 9.17) is 5.73 Å². The van der Waals surface area contributed by atoms with E-state index in [0.29, 0.717) is 13.0 Å². The lowest BCUT2D eigenvalue weighted by molar-refractivity contribution is -0.384. The van der Waals surface area contributed by atoms with Gasteiger partial charge in [-0.1, -0.05) is 12.1 Å². The number of nitrogen functional groups attached to an aromatic ring is 1. The Morgan fingerprint density at radius 3 is 2.90 bits per heavy atom. The molecule has 3 N–H and O–H groups in total. The van der Waals surface area contributed by atoms with Gasteiger partial charge in [0, 0.05) is 6.54 Å². The number of nitrogens with one attached hydrogen (secondary N) is 1. The fourth-order valence-corrected chi connectivity index (χ4v) is 1.63. The summed E-state index contributed by atoms with van der Waals surface area (Å²) in [7, 11) is 0. The van der Waals surface area contributed by atoms with Crippen LogP contribution in [0.25, 0.3) is 0 Å². The van der Waals surface area contributed by atoms with Crippen LogP contribution in [0.2, 0.25) is 0 Å². The van der Waals surface area contributed by atoms with Gasteiger partial charge in [-0.3, -0.25) is 10.1 Å². The van der Waals surface area contributed by atoms with Crippen molar-refractivity contribution in [3.05, 3.63) is 52.0 Å². The minimum absolute atomic E-state index is 0.196. The molecule has 0 atom stereocenters. The molecule has 0 saturated carbocycles. The van der Waals surface area contributed by atoms with E-state index in [2.05, 4.69) is 15.3 Å². The van der Waals surface area contributed by atoms with Gasteiger partial charge in [0.15, 0.2) is 0 Å². The van der Waals surface area contributed by atoms with Crippen molar-refractivity contribution in [1.29, 1.82) is 0 Å². The van der Waals surface area contributed by atoms with Crippen LogP contribution in [-0.4, -0.2) is 21.4 Å². The molecule has 0 spiro atoms. The molecular formula is C12H12FN5O2. The third kappa shape index (κ3) is 3.37. The first-order valence-electron chi connectivity index (χ1n) is 5.81. The Hall–Kier alpha value is -2.77. The number of nitro groups is 1. The predicted molar refractivity (Wildman–Crippen MR) is 71.7 cm³/mol. The van der Waals surface area contributed by atoms with Crippen molar-refractivity contribution in [3.63, 3.8) is 0 Å².